The summed E-state index contributed by atoms with van der Waals surface area (Å²) in [6.45, 7) is 3.65. The van der Waals surface area contributed by atoms with Crippen molar-refractivity contribution in [3.8, 4) is 0 Å². The van der Waals surface area contributed by atoms with E-state index in [4.69, 9.17) is 0 Å². The van der Waals surface area contributed by atoms with Gasteiger partial charge in [-0.25, -0.2) is 9.48 Å². The minimum Gasteiger partial charge on any atom is -1.00 e. The van der Waals surface area contributed by atoms with E-state index < -0.39 is 5.72 Å². The SMILES string of the molecule is Cc1ccccc1N1CC(O)(c2ccc(C3CCCCC3)cc2)[N+]2=C1SCCC2.[Br-]. The van der Waals surface area contributed by atoms with Crippen LogP contribution in [0, 0.1) is 6.92 Å². The molecule has 5 heteroatoms. The molecule has 2 aromatic carbocycles. The van der Waals surface area contributed by atoms with E-state index in [0.717, 1.165) is 24.3 Å². The highest BCUT2D eigenvalue weighted by Crippen LogP contribution is 2.39. The lowest BCUT2D eigenvalue weighted by molar-refractivity contribution is -0.656. The van der Waals surface area contributed by atoms with Gasteiger partial charge in [-0.3, -0.25) is 0 Å². The molecule has 1 aliphatic carbocycles. The normalized spacial score (nSPS) is 24.5. The highest BCUT2D eigenvalue weighted by Gasteiger charge is 2.53. The number of halogens is 1. The minimum atomic E-state index is -0.962. The third kappa shape index (κ3) is 3.85. The Hall–Kier alpha value is -1.30. The number of hydrogen-bond acceptors (Lipinski definition) is 3. The van der Waals surface area contributed by atoms with E-state index in [9.17, 15) is 5.11 Å². The maximum absolute atomic E-state index is 11.9. The van der Waals surface area contributed by atoms with Crippen LogP contribution in [0.2, 0.25) is 0 Å². The maximum atomic E-state index is 11.9. The highest BCUT2D eigenvalue weighted by molar-refractivity contribution is 8.13. The van der Waals surface area contributed by atoms with Crippen molar-refractivity contribution in [2.45, 2.75) is 57.1 Å². The van der Waals surface area contributed by atoms with Gasteiger partial charge in [0.15, 0.2) is 6.54 Å². The Balaban J connectivity index is 0.00000218. The van der Waals surface area contributed by atoms with Crippen molar-refractivity contribution < 1.29 is 26.7 Å². The van der Waals surface area contributed by atoms with Crippen molar-refractivity contribution >= 4 is 22.6 Å². The quantitative estimate of drug-likeness (QED) is 0.673. The zero-order chi connectivity index (χ0) is 19.8. The van der Waals surface area contributed by atoms with Gasteiger partial charge < -0.3 is 22.1 Å². The third-order valence-corrected chi connectivity index (χ3v) is 8.09. The maximum Gasteiger partial charge on any atom is 0.316 e. The van der Waals surface area contributed by atoms with Gasteiger partial charge >= 0.3 is 5.17 Å². The average Bonchev–Trinajstić information content (AvgIpc) is 3.09. The first kappa shape index (κ1) is 21.9. The first-order valence-electron chi connectivity index (χ1n) is 11.1. The number of para-hydroxylation sites is 1. The number of thioether (sulfide) groups is 1. The summed E-state index contributed by atoms with van der Waals surface area (Å²) in [7, 11) is 0. The summed E-state index contributed by atoms with van der Waals surface area (Å²) in [6, 6.07) is 17.4. The molecule has 0 amide bonds. The Morgan fingerprint density at radius 1 is 1.00 bits per heavy atom. The van der Waals surface area contributed by atoms with Crippen molar-refractivity contribution in [2.24, 2.45) is 0 Å². The molecule has 0 bridgehead atoms. The van der Waals surface area contributed by atoms with Crippen molar-refractivity contribution in [1.29, 1.82) is 0 Å². The van der Waals surface area contributed by atoms with Gasteiger partial charge in [-0.15, -0.1) is 0 Å². The van der Waals surface area contributed by atoms with Crippen molar-refractivity contribution in [3.63, 3.8) is 0 Å². The molecule has 2 aromatic rings. The van der Waals surface area contributed by atoms with E-state index in [1.165, 1.54) is 54.1 Å². The largest absolute Gasteiger partial charge is 1.00 e. The fraction of sp³-hybridized carbons (Fsp3) is 0.480. The molecule has 5 rings (SSSR count). The Bertz CT molecular complexity index is 923. The van der Waals surface area contributed by atoms with E-state index in [0.29, 0.717) is 12.5 Å². The van der Waals surface area contributed by atoms with Crippen LogP contribution < -0.4 is 21.9 Å². The molecule has 3 nitrogen and oxygen atoms in total. The van der Waals surface area contributed by atoms with Crippen LogP contribution in [0.15, 0.2) is 48.5 Å². The van der Waals surface area contributed by atoms with E-state index in [1.54, 1.807) is 0 Å². The molecule has 1 saturated carbocycles. The van der Waals surface area contributed by atoms with Gasteiger partial charge in [0.1, 0.15) is 5.69 Å². The summed E-state index contributed by atoms with van der Waals surface area (Å²) in [5, 5.41) is 13.1. The second-order valence-corrected chi connectivity index (χ2v) is 9.84. The van der Waals surface area contributed by atoms with Crippen LogP contribution in [0.1, 0.15) is 61.1 Å². The lowest BCUT2D eigenvalue weighted by Crippen LogP contribution is -3.00. The summed E-state index contributed by atoms with van der Waals surface area (Å²) < 4.78 is 2.24. The Morgan fingerprint density at radius 2 is 1.73 bits per heavy atom. The molecule has 0 spiro atoms. The molecule has 0 aromatic heterocycles. The Kier molecular flexibility index (Phi) is 6.61. The number of rotatable bonds is 3. The standard InChI is InChI=1S/C25H31N2OS.BrH/c1-19-8-5-6-11-23(19)26-18-25(28,27-16-7-17-29-24(26)27)22-14-12-21(13-15-22)20-9-3-2-4-10-20;/h5-6,8,11-15,20,28H,2-4,7,9-10,16-18H2,1H3;1H/q+1;/p-1. The molecule has 1 unspecified atom stereocenters. The molecule has 1 atom stereocenters. The molecule has 30 heavy (non-hydrogen) atoms. The predicted octanol–water partition coefficient (Wildman–Crippen LogP) is 2.22. The van der Waals surface area contributed by atoms with Gasteiger partial charge in [0.2, 0.25) is 0 Å². The van der Waals surface area contributed by atoms with Gasteiger partial charge in [-0.2, -0.15) is 0 Å². The zero-order valence-corrected chi connectivity index (χ0v) is 20.1. The summed E-state index contributed by atoms with van der Waals surface area (Å²) in [5.74, 6) is 1.82. The topological polar surface area (TPSA) is 26.5 Å². The first-order valence-corrected chi connectivity index (χ1v) is 12.1. The fourth-order valence-electron chi connectivity index (χ4n) is 5.26. The van der Waals surface area contributed by atoms with Crippen LogP contribution in [0.5, 0.6) is 0 Å². The number of amidine groups is 1. The van der Waals surface area contributed by atoms with Gasteiger partial charge in [-0.05, 0) is 61.1 Å². The summed E-state index contributed by atoms with van der Waals surface area (Å²) in [6.07, 6.45) is 7.82. The number of anilines is 1. The first-order chi connectivity index (χ1) is 14.2. The Morgan fingerprint density at radius 3 is 2.47 bits per heavy atom. The number of benzene rings is 2. The van der Waals surface area contributed by atoms with Crippen LogP contribution in [0.25, 0.3) is 0 Å². The number of aliphatic hydroxyl groups is 1. The predicted molar refractivity (Wildman–Crippen MR) is 122 cm³/mol. The Labute approximate surface area is 195 Å². The minimum absolute atomic E-state index is 0. The van der Waals surface area contributed by atoms with Gasteiger partial charge in [0, 0.05) is 11.3 Å². The summed E-state index contributed by atoms with van der Waals surface area (Å²) >= 11 is 1.88. The van der Waals surface area contributed by atoms with Gasteiger partial charge in [0.05, 0.1) is 6.54 Å². The number of nitrogens with zero attached hydrogens (tertiary/aromatic N) is 2. The molecule has 3 aliphatic rings. The van der Waals surface area contributed by atoms with Crippen molar-refractivity contribution in [1.82, 2.24) is 0 Å². The zero-order valence-electron chi connectivity index (χ0n) is 17.7. The van der Waals surface area contributed by atoms with Crippen LogP contribution in [0.4, 0.5) is 5.69 Å². The van der Waals surface area contributed by atoms with Crippen LogP contribution in [-0.4, -0.2) is 33.7 Å². The molecule has 160 valence electrons. The van der Waals surface area contributed by atoms with Gasteiger partial charge in [-0.1, -0.05) is 61.7 Å². The molecule has 0 saturated heterocycles. The van der Waals surface area contributed by atoms with Crippen LogP contribution in [-0.2, 0) is 5.72 Å². The van der Waals surface area contributed by atoms with E-state index in [1.807, 2.05) is 11.8 Å². The van der Waals surface area contributed by atoms with E-state index >= 15 is 0 Å². The van der Waals surface area contributed by atoms with Crippen molar-refractivity contribution in [3.05, 3.63) is 65.2 Å². The number of aryl methyl sites for hydroxylation is 1. The van der Waals surface area contributed by atoms with Crippen molar-refractivity contribution in [2.75, 3.05) is 23.7 Å². The van der Waals surface area contributed by atoms with Crippen LogP contribution in [0.3, 0.4) is 0 Å². The molecular weight excluding hydrogens is 456 g/mol. The molecule has 2 heterocycles. The third-order valence-electron chi connectivity index (χ3n) is 6.90. The lowest BCUT2D eigenvalue weighted by Gasteiger charge is -2.26. The molecule has 0 radical (unpaired) electrons. The average molecular weight is 488 g/mol. The van der Waals surface area contributed by atoms with E-state index in [2.05, 4.69) is 64.9 Å². The number of β-amino-alcohol motifs (C(OH)–C–C–N with tert-alkyl or cyclic N) is 1. The highest BCUT2D eigenvalue weighted by atomic mass is 79.9. The van der Waals surface area contributed by atoms with Gasteiger partial charge in [0.25, 0.3) is 5.72 Å². The molecule has 1 fully saturated rings. The summed E-state index contributed by atoms with van der Waals surface area (Å²) in [5.41, 5.74) is 3.96. The second kappa shape index (κ2) is 9.05. The lowest BCUT2D eigenvalue weighted by atomic mass is 9.83. The fourth-order valence-corrected chi connectivity index (χ4v) is 6.43. The monoisotopic (exact) mass is 486 g/mol. The smallest absolute Gasteiger partial charge is 0.316 e. The molecule has 1 N–H and O–H groups in total. The van der Waals surface area contributed by atoms with Crippen LogP contribution >= 0.6 is 11.8 Å². The van der Waals surface area contributed by atoms with E-state index in [-0.39, 0.29) is 17.0 Å². The summed E-state index contributed by atoms with van der Waals surface area (Å²) in [4.78, 5) is 2.33. The molecule has 2 aliphatic heterocycles. The molecular formula is C25H31BrN2OS. The number of hydrogen-bond donors (Lipinski definition) is 1. The second-order valence-electron chi connectivity index (χ2n) is 8.78.